The number of pyridine rings is 1. The van der Waals surface area contributed by atoms with Crippen LogP contribution in [0.1, 0.15) is 52.9 Å². The molecule has 0 aliphatic carbocycles. The molecule has 0 spiro atoms. The maximum Gasteiger partial charge on any atom is 0.119 e. The van der Waals surface area contributed by atoms with Crippen molar-refractivity contribution in [1.82, 2.24) is 25.0 Å². The van der Waals surface area contributed by atoms with Gasteiger partial charge in [-0.05, 0) is 23.3 Å². The zero-order valence-corrected chi connectivity index (χ0v) is 22.8. The Morgan fingerprint density at radius 1 is 0.649 bits per heavy atom. The first-order valence-electron chi connectivity index (χ1n) is 12.8. The summed E-state index contributed by atoms with van der Waals surface area (Å²) in [5, 5.41) is 13.1. The van der Waals surface area contributed by atoms with Gasteiger partial charge in [0.15, 0.2) is 0 Å². The predicted molar refractivity (Wildman–Crippen MR) is 152 cm³/mol. The van der Waals surface area contributed by atoms with Crippen LogP contribution in [0.15, 0.2) is 78.9 Å². The summed E-state index contributed by atoms with van der Waals surface area (Å²) in [5.74, 6) is 0. The molecule has 188 valence electrons. The first kappa shape index (κ1) is 24.7. The summed E-state index contributed by atoms with van der Waals surface area (Å²) >= 11 is 0. The smallest absolute Gasteiger partial charge is 0.119 e. The van der Waals surface area contributed by atoms with E-state index in [4.69, 9.17) is 15.2 Å². The van der Waals surface area contributed by atoms with Crippen molar-refractivity contribution in [3.8, 4) is 45.0 Å². The molecule has 5 heteroatoms. The highest BCUT2D eigenvalue weighted by atomic mass is 15.3. The number of aromatic nitrogens is 5. The molecule has 0 amide bonds. The summed E-state index contributed by atoms with van der Waals surface area (Å²) < 4.78 is 1.97. The van der Waals surface area contributed by atoms with E-state index >= 15 is 0 Å². The lowest BCUT2D eigenvalue weighted by molar-refractivity contribution is 0.554. The predicted octanol–water partition coefficient (Wildman–Crippen LogP) is 7.80. The third-order valence-corrected chi connectivity index (χ3v) is 6.63. The van der Waals surface area contributed by atoms with Gasteiger partial charge in [-0.15, -0.1) is 0 Å². The molecule has 0 radical (unpaired) electrons. The maximum absolute atomic E-state index is 5.19. The van der Waals surface area contributed by atoms with Crippen molar-refractivity contribution in [3.63, 3.8) is 0 Å². The van der Waals surface area contributed by atoms with Gasteiger partial charge in [-0.2, -0.15) is 10.2 Å². The number of aryl methyl sites for hydroxylation is 1. The summed E-state index contributed by atoms with van der Waals surface area (Å²) in [5.41, 5.74) is 10.0. The number of rotatable bonds is 4. The number of benzene rings is 2. The second kappa shape index (κ2) is 9.15. The minimum Gasteiger partial charge on any atom is -0.281 e. The van der Waals surface area contributed by atoms with Crippen LogP contribution < -0.4 is 0 Å². The van der Waals surface area contributed by atoms with E-state index < -0.39 is 0 Å². The zero-order valence-electron chi connectivity index (χ0n) is 22.8. The van der Waals surface area contributed by atoms with Gasteiger partial charge in [-0.25, -0.2) is 4.98 Å². The minimum absolute atomic E-state index is 0.0990. The van der Waals surface area contributed by atoms with Crippen LogP contribution in [0.4, 0.5) is 0 Å². The van der Waals surface area contributed by atoms with Gasteiger partial charge in [0, 0.05) is 34.7 Å². The highest BCUT2D eigenvalue weighted by Gasteiger charge is 2.29. The lowest BCUT2D eigenvalue weighted by atomic mass is 9.85. The van der Waals surface area contributed by atoms with E-state index in [1.807, 2.05) is 29.9 Å². The topological polar surface area (TPSA) is 59.4 Å². The fourth-order valence-electron chi connectivity index (χ4n) is 4.88. The van der Waals surface area contributed by atoms with Crippen LogP contribution in [0.25, 0.3) is 45.0 Å². The van der Waals surface area contributed by atoms with Gasteiger partial charge in [-0.1, -0.05) is 108 Å². The first-order chi connectivity index (χ1) is 17.6. The zero-order chi connectivity index (χ0) is 26.4. The van der Waals surface area contributed by atoms with Crippen molar-refractivity contribution in [2.75, 3.05) is 0 Å². The SMILES string of the molecule is Cn1nc(C(C)(C)C)c(-c2ccccc2)c1-c1cccc(-c2n[nH]c(C(C)(C)C)c2-c2ccccc2)n1. The number of aromatic amines is 1. The number of nitrogens with zero attached hydrogens (tertiary/aromatic N) is 4. The van der Waals surface area contributed by atoms with Gasteiger partial charge in [0.1, 0.15) is 5.69 Å². The molecule has 2 aromatic carbocycles. The summed E-state index contributed by atoms with van der Waals surface area (Å²) in [7, 11) is 2.01. The van der Waals surface area contributed by atoms with Gasteiger partial charge < -0.3 is 0 Å². The summed E-state index contributed by atoms with van der Waals surface area (Å²) in [6, 6.07) is 27.1. The van der Waals surface area contributed by atoms with Gasteiger partial charge in [0.05, 0.1) is 22.8 Å². The normalized spacial score (nSPS) is 12.2. The van der Waals surface area contributed by atoms with Crippen LogP contribution in [0.5, 0.6) is 0 Å². The maximum atomic E-state index is 5.19. The lowest BCUT2D eigenvalue weighted by Crippen LogP contribution is -2.13. The van der Waals surface area contributed by atoms with Crippen LogP contribution in [0, 0.1) is 0 Å². The third-order valence-electron chi connectivity index (χ3n) is 6.63. The van der Waals surface area contributed by atoms with E-state index in [1.165, 1.54) is 0 Å². The molecular formula is C32H35N5. The molecule has 5 aromatic rings. The molecule has 3 aromatic heterocycles. The number of H-pyrrole nitrogens is 1. The van der Waals surface area contributed by atoms with Crippen molar-refractivity contribution in [1.29, 1.82) is 0 Å². The molecule has 37 heavy (non-hydrogen) atoms. The Bertz CT molecular complexity index is 1530. The fourth-order valence-corrected chi connectivity index (χ4v) is 4.88. The minimum atomic E-state index is -0.122. The molecule has 3 heterocycles. The number of hydrogen-bond donors (Lipinski definition) is 1. The lowest BCUT2D eigenvalue weighted by Gasteiger charge is -2.19. The van der Waals surface area contributed by atoms with Crippen LogP contribution in [-0.4, -0.2) is 25.0 Å². The molecule has 5 rings (SSSR count). The second-order valence-electron chi connectivity index (χ2n) is 11.7. The van der Waals surface area contributed by atoms with E-state index in [-0.39, 0.29) is 10.8 Å². The van der Waals surface area contributed by atoms with E-state index in [0.29, 0.717) is 0 Å². The molecular weight excluding hydrogens is 454 g/mol. The van der Waals surface area contributed by atoms with E-state index in [2.05, 4.69) is 107 Å². The Morgan fingerprint density at radius 3 is 1.78 bits per heavy atom. The monoisotopic (exact) mass is 489 g/mol. The fraction of sp³-hybridized carbons (Fsp3) is 0.281. The van der Waals surface area contributed by atoms with Gasteiger partial charge in [0.2, 0.25) is 0 Å². The average Bonchev–Trinajstić information content (AvgIpc) is 3.47. The summed E-state index contributed by atoms with van der Waals surface area (Å²) in [6.45, 7) is 13.2. The molecule has 1 N–H and O–H groups in total. The van der Waals surface area contributed by atoms with Crippen LogP contribution in [0.3, 0.4) is 0 Å². The standard InChI is InChI=1S/C32H35N5/c1-31(2,3)29-25(21-15-10-8-11-16-21)27(34-35-29)23-19-14-20-24(33-23)28-26(22-17-12-9-13-18-22)30(32(4,5)6)36-37(28)7/h8-20H,1-7H3,(H,34,35). The molecule has 0 atom stereocenters. The third kappa shape index (κ3) is 4.62. The average molecular weight is 490 g/mol. The van der Waals surface area contributed by atoms with E-state index in [9.17, 15) is 0 Å². The largest absolute Gasteiger partial charge is 0.281 e. The number of hydrogen-bond acceptors (Lipinski definition) is 3. The molecule has 0 aliphatic rings. The van der Waals surface area contributed by atoms with E-state index in [0.717, 1.165) is 56.4 Å². The molecule has 5 nitrogen and oxygen atoms in total. The van der Waals surface area contributed by atoms with Gasteiger partial charge in [0.25, 0.3) is 0 Å². The summed E-state index contributed by atoms with van der Waals surface area (Å²) in [6.07, 6.45) is 0. The molecule has 0 saturated carbocycles. The van der Waals surface area contributed by atoms with Gasteiger partial charge >= 0.3 is 0 Å². The first-order valence-corrected chi connectivity index (χ1v) is 12.8. The highest BCUT2D eigenvalue weighted by molar-refractivity contribution is 5.85. The van der Waals surface area contributed by atoms with E-state index in [1.54, 1.807) is 0 Å². The van der Waals surface area contributed by atoms with Crippen LogP contribution >= 0.6 is 0 Å². The van der Waals surface area contributed by atoms with Crippen molar-refractivity contribution >= 4 is 0 Å². The number of nitrogens with one attached hydrogen (secondary N) is 1. The van der Waals surface area contributed by atoms with Gasteiger partial charge in [-0.3, -0.25) is 9.78 Å². The molecule has 0 fully saturated rings. The van der Waals surface area contributed by atoms with Crippen LogP contribution in [-0.2, 0) is 17.9 Å². The van der Waals surface area contributed by atoms with Crippen molar-refractivity contribution in [2.45, 2.75) is 52.4 Å². The molecule has 0 unspecified atom stereocenters. The van der Waals surface area contributed by atoms with Crippen molar-refractivity contribution in [3.05, 3.63) is 90.3 Å². The Kier molecular flexibility index (Phi) is 6.10. The molecule has 0 aliphatic heterocycles. The van der Waals surface area contributed by atoms with Crippen LogP contribution in [0.2, 0.25) is 0 Å². The van der Waals surface area contributed by atoms with Crippen molar-refractivity contribution in [2.24, 2.45) is 7.05 Å². The highest BCUT2D eigenvalue weighted by Crippen LogP contribution is 2.41. The quantitative estimate of drug-likeness (QED) is 0.280. The second-order valence-corrected chi connectivity index (χ2v) is 11.7. The molecule has 0 saturated heterocycles. The Balaban J connectivity index is 1.73. The molecule has 0 bridgehead atoms. The summed E-state index contributed by atoms with van der Waals surface area (Å²) in [4.78, 5) is 5.19. The Labute approximate surface area is 219 Å². The van der Waals surface area contributed by atoms with Crippen molar-refractivity contribution < 1.29 is 0 Å². The Hall–Kier alpha value is -3.99. The Morgan fingerprint density at radius 2 is 1.22 bits per heavy atom.